The van der Waals surface area contributed by atoms with Crippen LogP contribution in [0.15, 0.2) is 36.8 Å². The molecular formula is C19H24N8O. The van der Waals surface area contributed by atoms with Gasteiger partial charge in [-0.05, 0) is 54.9 Å². The molecule has 1 aliphatic heterocycles. The Morgan fingerprint density at radius 2 is 2.07 bits per heavy atom. The van der Waals surface area contributed by atoms with E-state index in [0.717, 1.165) is 32.4 Å². The van der Waals surface area contributed by atoms with Gasteiger partial charge >= 0.3 is 0 Å². The van der Waals surface area contributed by atoms with Gasteiger partial charge < -0.3 is 9.80 Å². The third-order valence-corrected chi connectivity index (χ3v) is 5.05. The largest absolute Gasteiger partial charge is 0.331 e. The van der Waals surface area contributed by atoms with Gasteiger partial charge in [0.05, 0.1) is 12.2 Å². The van der Waals surface area contributed by atoms with Gasteiger partial charge in [0.1, 0.15) is 11.9 Å². The van der Waals surface area contributed by atoms with Crippen molar-refractivity contribution in [2.45, 2.75) is 31.8 Å². The molecular weight excluding hydrogens is 356 g/mol. The molecule has 1 amide bonds. The first-order valence-electron chi connectivity index (χ1n) is 9.45. The maximum absolute atomic E-state index is 13.4. The highest BCUT2D eigenvalue weighted by Gasteiger charge is 2.31. The van der Waals surface area contributed by atoms with Crippen molar-refractivity contribution in [2.24, 2.45) is 0 Å². The lowest BCUT2D eigenvalue weighted by molar-refractivity contribution is 0.0611. The van der Waals surface area contributed by atoms with Crippen LogP contribution in [0.4, 0.5) is 0 Å². The van der Waals surface area contributed by atoms with Crippen molar-refractivity contribution >= 4 is 5.91 Å². The standard InChI is InChI=1S/C19H24N8O/c1-25(2)12-14-6-8-15(9-7-14)17-5-3-4-10-26(17)19(28)16-11-20-22-18(16)27-13-21-23-24-27/h6-9,11,13,17H,3-5,10,12H2,1-2H3,(H,20,22)/t17-/m1/s1. The molecule has 1 N–H and O–H groups in total. The summed E-state index contributed by atoms with van der Waals surface area (Å²) < 4.78 is 1.43. The number of carbonyl (C=O) groups is 1. The number of hydrogen-bond donors (Lipinski definition) is 1. The zero-order valence-corrected chi connectivity index (χ0v) is 16.1. The highest BCUT2D eigenvalue weighted by molar-refractivity contribution is 5.97. The first-order chi connectivity index (χ1) is 13.6. The van der Waals surface area contributed by atoms with Crippen molar-refractivity contribution < 1.29 is 4.79 Å². The average molecular weight is 380 g/mol. The van der Waals surface area contributed by atoms with Gasteiger partial charge in [-0.1, -0.05) is 24.3 Å². The summed E-state index contributed by atoms with van der Waals surface area (Å²) in [4.78, 5) is 17.4. The lowest BCUT2D eigenvalue weighted by Gasteiger charge is -2.36. The highest BCUT2D eigenvalue weighted by atomic mass is 16.2. The van der Waals surface area contributed by atoms with E-state index in [-0.39, 0.29) is 11.9 Å². The number of tetrazole rings is 1. The minimum Gasteiger partial charge on any atom is -0.331 e. The fourth-order valence-corrected chi connectivity index (χ4v) is 3.76. The summed E-state index contributed by atoms with van der Waals surface area (Å²) in [5, 5.41) is 18.0. The first-order valence-corrected chi connectivity index (χ1v) is 9.45. The Kier molecular flexibility index (Phi) is 5.16. The van der Waals surface area contributed by atoms with E-state index in [0.29, 0.717) is 11.4 Å². The monoisotopic (exact) mass is 380 g/mol. The van der Waals surface area contributed by atoms with Crippen molar-refractivity contribution in [3.05, 3.63) is 53.5 Å². The van der Waals surface area contributed by atoms with Gasteiger partial charge in [0.2, 0.25) is 0 Å². The van der Waals surface area contributed by atoms with Crippen molar-refractivity contribution in [3.8, 4) is 5.82 Å². The Bertz CT molecular complexity index is 916. The molecule has 146 valence electrons. The summed E-state index contributed by atoms with van der Waals surface area (Å²) in [5.41, 5.74) is 2.91. The van der Waals surface area contributed by atoms with Crippen molar-refractivity contribution in [3.63, 3.8) is 0 Å². The summed E-state index contributed by atoms with van der Waals surface area (Å²) in [7, 11) is 4.12. The number of likely N-dealkylation sites (tertiary alicyclic amines) is 1. The molecule has 28 heavy (non-hydrogen) atoms. The lowest BCUT2D eigenvalue weighted by Crippen LogP contribution is -2.38. The van der Waals surface area contributed by atoms with Gasteiger partial charge in [-0.25, -0.2) is 0 Å². The molecule has 9 heteroatoms. The van der Waals surface area contributed by atoms with Crippen LogP contribution in [0, 0.1) is 0 Å². The summed E-state index contributed by atoms with van der Waals surface area (Å²) in [6.07, 6.45) is 6.06. The molecule has 3 heterocycles. The van der Waals surface area contributed by atoms with Gasteiger partial charge in [0, 0.05) is 13.1 Å². The maximum atomic E-state index is 13.4. The van der Waals surface area contributed by atoms with E-state index in [9.17, 15) is 4.79 Å². The Labute approximate surface area is 163 Å². The SMILES string of the molecule is CN(C)Cc1ccc([C@H]2CCCCN2C(=O)c2cn[nH]c2-n2cnnn2)cc1. The van der Waals surface area contributed by atoms with Crippen LogP contribution < -0.4 is 0 Å². The molecule has 1 aromatic carbocycles. The van der Waals surface area contributed by atoms with E-state index < -0.39 is 0 Å². The second-order valence-corrected chi connectivity index (χ2v) is 7.38. The minimum absolute atomic E-state index is 0.0543. The molecule has 1 atom stereocenters. The summed E-state index contributed by atoms with van der Waals surface area (Å²) >= 11 is 0. The van der Waals surface area contributed by atoms with E-state index in [1.165, 1.54) is 22.1 Å². The zero-order chi connectivity index (χ0) is 19.5. The second-order valence-electron chi connectivity index (χ2n) is 7.38. The van der Waals surface area contributed by atoms with Gasteiger partial charge in [0.25, 0.3) is 5.91 Å². The quantitative estimate of drug-likeness (QED) is 0.725. The molecule has 1 fully saturated rings. The number of aromatic amines is 1. The molecule has 9 nitrogen and oxygen atoms in total. The van der Waals surface area contributed by atoms with Crippen LogP contribution in [0.3, 0.4) is 0 Å². The number of rotatable bonds is 5. The van der Waals surface area contributed by atoms with Crippen molar-refractivity contribution in [2.75, 3.05) is 20.6 Å². The summed E-state index contributed by atoms with van der Waals surface area (Å²) in [6, 6.07) is 8.65. The van der Waals surface area contributed by atoms with Crippen molar-refractivity contribution in [1.29, 1.82) is 0 Å². The van der Waals surface area contributed by atoms with Crippen LogP contribution in [0.25, 0.3) is 5.82 Å². The van der Waals surface area contributed by atoms with Crippen LogP contribution in [0.2, 0.25) is 0 Å². The summed E-state index contributed by atoms with van der Waals surface area (Å²) in [6.45, 7) is 1.63. The normalized spacial score (nSPS) is 17.2. The molecule has 0 aliphatic carbocycles. The number of hydrogen-bond acceptors (Lipinski definition) is 6. The molecule has 0 unspecified atom stereocenters. The highest BCUT2D eigenvalue weighted by Crippen LogP contribution is 2.33. The Morgan fingerprint density at radius 1 is 1.25 bits per heavy atom. The topological polar surface area (TPSA) is 95.8 Å². The van der Waals surface area contributed by atoms with Crippen LogP contribution in [0.1, 0.15) is 46.8 Å². The summed E-state index contributed by atoms with van der Waals surface area (Å²) in [5.74, 6) is 0.432. The zero-order valence-electron chi connectivity index (χ0n) is 16.1. The predicted molar refractivity (Wildman–Crippen MR) is 103 cm³/mol. The average Bonchev–Trinajstić information content (AvgIpc) is 3.39. The maximum Gasteiger partial charge on any atom is 0.259 e. The molecule has 0 bridgehead atoms. The minimum atomic E-state index is -0.0543. The molecule has 4 rings (SSSR count). The van der Waals surface area contributed by atoms with Gasteiger partial charge in [-0.15, -0.1) is 5.10 Å². The smallest absolute Gasteiger partial charge is 0.259 e. The number of benzene rings is 1. The first kappa shape index (κ1) is 18.3. The molecule has 2 aromatic heterocycles. The van der Waals surface area contributed by atoms with Gasteiger partial charge in [-0.2, -0.15) is 9.78 Å². The predicted octanol–water partition coefficient (Wildman–Crippen LogP) is 1.81. The number of piperidine rings is 1. The number of carbonyl (C=O) groups excluding carboxylic acids is 1. The lowest BCUT2D eigenvalue weighted by atomic mass is 9.94. The molecule has 1 saturated heterocycles. The molecule has 0 saturated carbocycles. The van der Waals surface area contributed by atoms with E-state index >= 15 is 0 Å². The Morgan fingerprint density at radius 3 is 2.79 bits per heavy atom. The number of amides is 1. The third-order valence-electron chi connectivity index (χ3n) is 5.05. The van der Waals surface area contributed by atoms with E-state index in [1.807, 2.05) is 4.90 Å². The Balaban J connectivity index is 1.59. The van der Waals surface area contributed by atoms with Crippen LogP contribution >= 0.6 is 0 Å². The number of aromatic nitrogens is 6. The number of nitrogens with one attached hydrogen (secondary N) is 1. The fourth-order valence-electron chi connectivity index (χ4n) is 3.76. The van der Waals surface area contributed by atoms with Crippen LogP contribution in [-0.4, -0.2) is 66.8 Å². The van der Waals surface area contributed by atoms with Crippen LogP contribution in [0.5, 0.6) is 0 Å². The van der Waals surface area contributed by atoms with Crippen molar-refractivity contribution in [1.82, 2.24) is 40.2 Å². The van der Waals surface area contributed by atoms with E-state index in [4.69, 9.17) is 0 Å². The molecule has 0 radical (unpaired) electrons. The van der Waals surface area contributed by atoms with E-state index in [1.54, 1.807) is 6.20 Å². The third kappa shape index (κ3) is 3.65. The van der Waals surface area contributed by atoms with Crippen LogP contribution in [-0.2, 0) is 6.54 Å². The molecule has 1 aliphatic rings. The van der Waals surface area contributed by atoms with Gasteiger partial charge in [-0.3, -0.25) is 9.89 Å². The molecule has 0 spiro atoms. The van der Waals surface area contributed by atoms with E-state index in [2.05, 4.69) is 69.0 Å². The number of H-pyrrole nitrogens is 1. The fraction of sp³-hybridized carbons (Fsp3) is 0.421. The molecule has 3 aromatic rings. The second kappa shape index (κ2) is 7.89. The van der Waals surface area contributed by atoms with Gasteiger partial charge in [0.15, 0.2) is 5.82 Å². The Hall–Kier alpha value is -3.07. The number of nitrogens with zero attached hydrogens (tertiary/aromatic N) is 7.